The summed E-state index contributed by atoms with van der Waals surface area (Å²) in [6, 6.07) is 73.2. The van der Waals surface area contributed by atoms with Crippen LogP contribution in [0.1, 0.15) is 22.3 Å². The molecule has 0 saturated carbocycles. The van der Waals surface area contributed by atoms with E-state index in [0.29, 0.717) is 0 Å². The van der Waals surface area contributed by atoms with Gasteiger partial charge in [-0.15, -0.1) is 0 Å². The third-order valence-electron chi connectivity index (χ3n) is 12.1. The van der Waals surface area contributed by atoms with Crippen molar-refractivity contribution in [1.82, 2.24) is 0 Å². The van der Waals surface area contributed by atoms with Gasteiger partial charge in [0.25, 0.3) is 0 Å². The Hall–Kier alpha value is -7.16. The first-order chi connectivity index (χ1) is 27.3. The number of furan rings is 1. The summed E-state index contributed by atoms with van der Waals surface area (Å²) in [4.78, 5) is 2.41. The fourth-order valence-corrected chi connectivity index (χ4v) is 9.84. The van der Waals surface area contributed by atoms with E-state index in [0.717, 1.165) is 39.0 Å². The monoisotopic (exact) mass is 699 g/mol. The van der Waals surface area contributed by atoms with Gasteiger partial charge >= 0.3 is 0 Å². The van der Waals surface area contributed by atoms with Crippen LogP contribution < -0.4 is 4.90 Å². The highest BCUT2D eigenvalue weighted by Crippen LogP contribution is 2.64. The van der Waals surface area contributed by atoms with E-state index in [1.54, 1.807) is 0 Å². The minimum absolute atomic E-state index is 0.427. The molecule has 1 spiro atoms. The predicted octanol–water partition coefficient (Wildman–Crippen LogP) is 14.2. The van der Waals surface area contributed by atoms with Crippen molar-refractivity contribution < 1.29 is 4.42 Å². The second-order valence-electron chi connectivity index (χ2n) is 14.8. The lowest BCUT2D eigenvalue weighted by Crippen LogP contribution is -2.25. The molecule has 0 radical (unpaired) electrons. The molecule has 1 atom stereocenters. The number of fused-ring (bicyclic) bond motifs is 15. The van der Waals surface area contributed by atoms with Crippen molar-refractivity contribution in [2.75, 3.05) is 4.90 Å². The van der Waals surface area contributed by atoms with Gasteiger partial charge in [0.05, 0.1) is 16.5 Å². The summed E-state index contributed by atoms with van der Waals surface area (Å²) in [5.74, 6) is 0. The third kappa shape index (κ3) is 4.14. The molecule has 0 amide bonds. The van der Waals surface area contributed by atoms with Crippen LogP contribution in [0.25, 0.3) is 66.1 Å². The van der Waals surface area contributed by atoms with Gasteiger partial charge in [-0.25, -0.2) is 0 Å². The Morgan fingerprint density at radius 2 is 1.00 bits per heavy atom. The Balaban J connectivity index is 1.12. The summed E-state index contributed by atoms with van der Waals surface area (Å²) in [5.41, 5.74) is 17.6. The fraction of sp³-hybridized carbons (Fsp3) is 0.0189. The van der Waals surface area contributed by atoms with E-state index in [2.05, 4.69) is 199 Å². The Kier molecular flexibility index (Phi) is 6.29. The van der Waals surface area contributed by atoms with Crippen molar-refractivity contribution in [3.8, 4) is 33.4 Å². The maximum Gasteiger partial charge on any atom is 0.137 e. The van der Waals surface area contributed by atoms with E-state index < -0.39 is 5.41 Å². The lowest BCUT2D eigenvalue weighted by Gasteiger charge is -2.31. The first kappa shape index (κ1) is 30.3. The number of hydrogen-bond donors (Lipinski definition) is 0. The molecule has 1 aromatic heterocycles. The first-order valence-corrected chi connectivity index (χ1v) is 19.0. The van der Waals surface area contributed by atoms with Gasteiger partial charge in [-0.05, 0) is 109 Å². The number of nitrogens with zero attached hydrogens (tertiary/aromatic N) is 1. The van der Waals surface area contributed by atoms with Crippen LogP contribution in [0.3, 0.4) is 0 Å². The second-order valence-corrected chi connectivity index (χ2v) is 14.8. The highest BCUT2D eigenvalue weighted by molar-refractivity contribution is 6.13. The van der Waals surface area contributed by atoms with Crippen LogP contribution in [0.15, 0.2) is 205 Å². The molecule has 0 aliphatic heterocycles. The van der Waals surface area contributed by atoms with E-state index in [-0.39, 0.29) is 0 Å². The van der Waals surface area contributed by atoms with E-state index in [4.69, 9.17) is 4.42 Å². The first-order valence-electron chi connectivity index (χ1n) is 19.0. The number of benzene rings is 9. The van der Waals surface area contributed by atoms with Crippen molar-refractivity contribution in [1.29, 1.82) is 0 Å². The Morgan fingerprint density at radius 3 is 1.85 bits per heavy atom. The van der Waals surface area contributed by atoms with Gasteiger partial charge in [-0.2, -0.15) is 0 Å². The number of para-hydroxylation sites is 1. The molecule has 2 nitrogen and oxygen atoms in total. The van der Waals surface area contributed by atoms with Crippen LogP contribution in [-0.2, 0) is 5.41 Å². The molecule has 0 fully saturated rings. The fourth-order valence-electron chi connectivity index (χ4n) is 9.84. The zero-order valence-electron chi connectivity index (χ0n) is 29.9. The van der Waals surface area contributed by atoms with Gasteiger partial charge < -0.3 is 9.32 Å². The highest BCUT2D eigenvalue weighted by atomic mass is 16.3. The van der Waals surface area contributed by atoms with Crippen LogP contribution in [0.4, 0.5) is 17.1 Å². The summed E-state index contributed by atoms with van der Waals surface area (Å²) in [7, 11) is 0. The highest BCUT2D eigenvalue weighted by Gasteiger charge is 2.52. The van der Waals surface area contributed by atoms with Gasteiger partial charge in [0.1, 0.15) is 11.2 Å². The largest absolute Gasteiger partial charge is 0.456 e. The molecule has 9 aromatic carbocycles. The Morgan fingerprint density at radius 1 is 0.382 bits per heavy atom. The maximum absolute atomic E-state index is 6.45. The number of rotatable bonds is 4. The van der Waals surface area contributed by atoms with Gasteiger partial charge in [-0.3, -0.25) is 0 Å². The van der Waals surface area contributed by atoms with Gasteiger partial charge in [0.15, 0.2) is 0 Å². The van der Waals surface area contributed by atoms with E-state index in [1.165, 1.54) is 66.4 Å². The smallest absolute Gasteiger partial charge is 0.137 e. The van der Waals surface area contributed by atoms with Crippen LogP contribution in [-0.4, -0.2) is 0 Å². The molecular weight excluding hydrogens is 667 g/mol. The molecule has 2 heteroatoms. The molecule has 10 aromatic rings. The molecule has 12 rings (SSSR count). The third-order valence-corrected chi connectivity index (χ3v) is 12.1. The van der Waals surface area contributed by atoms with E-state index in [9.17, 15) is 0 Å². The van der Waals surface area contributed by atoms with Crippen LogP contribution in [0.2, 0.25) is 0 Å². The zero-order chi connectivity index (χ0) is 36.1. The average molecular weight is 700 g/mol. The lowest BCUT2D eigenvalue weighted by atomic mass is 9.70. The van der Waals surface area contributed by atoms with Crippen molar-refractivity contribution in [3.63, 3.8) is 0 Å². The molecule has 0 N–H and O–H groups in total. The number of anilines is 3. The molecule has 2 aliphatic rings. The van der Waals surface area contributed by atoms with E-state index >= 15 is 0 Å². The standard InChI is InChI=1S/C53H33NO/c1-2-13-34(14-3-1)35-25-28-37(29-26-35)54(48-22-12-24-50-52(48)42-19-8-11-23-49(42)55-50)38-30-32-46-43(33-38)40-17-6-9-20-44(40)53(46)45-21-10-7-18-41(45)51-39-16-5-4-15-36(39)27-31-47(51)53/h1-33H. The van der Waals surface area contributed by atoms with Crippen LogP contribution in [0.5, 0.6) is 0 Å². The minimum Gasteiger partial charge on any atom is -0.456 e. The topological polar surface area (TPSA) is 16.4 Å². The molecule has 2 aliphatic carbocycles. The molecule has 0 bridgehead atoms. The predicted molar refractivity (Wildman–Crippen MR) is 228 cm³/mol. The quantitative estimate of drug-likeness (QED) is 0.182. The van der Waals surface area contributed by atoms with Crippen molar-refractivity contribution in [2.45, 2.75) is 5.41 Å². The van der Waals surface area contributed by atoms with Crippen molar-refractivity contribution >= 4 is 49.8 Å². The SMILES string of the molecule is c1ccc(-c2ccc(N(c3ccc4c(c3)-c3ccccc3C43c4ccccc4-c4c3ccc3ccccc43)c3cccc4oc5ccccc5c34)cc2)cc1. The molecular formula is C53H33NO. The summed E-state index contributed by atoms with van der Waals surface area (Å²) >= 11 is 0. The van der Waals surface area contributed by atoms with Gasteiger partial charge in [0.2, 0.25) is 0 Å². The summed E-state index contributed by atoms with van der Waals surface area (Å²) < 4.78 is 6.45. The summed E-state index contributed by atoms with van der Waals surface area (Å²) in [6.07, 6.45) is 0. The van der Waals surface area contributed by atoms with E-state index in [1.807, 2.05) is 6.07 Å². The average Bonchev–Trinajstić information content (AvgIpc) is 3.89. The minimum atomic E-state index is -0.427. The van der Waals surface area contributed by atoms with Crippen LogP contribution in [0, 0.1) is 0 Å². The molecule has 256 valence electrons. The van der Waals surface area contributed by atoms with Crippen molar-refractivity contribution in [3.05, 3.63) is 222 Å². The Bertz CT molecular complexity index is 3160. The van der Waals surface area contributed by atoms with Gasteiger partial charge in [-0.1, -0.05) is 158 Å². The summed E-state index contributed by atoms with van der Waals surface area (Å²) in [6.45, 7) is 0. The van der Waals surface area contributed by atoms with Gasteiger partial charge in [0, 0.05) is 16.8 Å². The maximum atomic E-state index is 6.45. The second kappa shape index (κ2) is 11.4. The molecule has 1 unspecified atom stereocenters. The lowest BCUT2D eigenvalue weighted by molar-refractivity contribution is 0.669. The Labute approximate surface area is 319 Å². The van der Waals surface area contributed by atoms with Crippen LogP contribution >= 0.6 is 0 Å². The normalized spacial score (nSPS) is 15.0. The molecule has 55 heavy (non-hydrogen) atoms. The summed E-state index contributed by atoms with van der Waals surface area (Å²) in [5, 5.41) is 4.78. The number of hydrogen-bond acceptors (Lipinski definition) is 2. The van der Waals surface area contributed by atoms with Crippen molar-refractivity contribution in [2.24, 2.45) is 0 Å². The zero-order valence-corrected chi connectivity index (χ0v) is 29.9. The molecule has 0 saturated heterocycles. The molecule has 1 heterocycles.